The second kappa shape index (κ2) is 7.11. The monoisotopic (exact) mass is 418 g/mol. The number of esters is 1. The van der Waals surface area contributed by atoms with Crippen molar-refractivity contribution in [1.82, 2.24) is 0 Å². The number of carbonyl (C=O) groups excluding carboxylic acids is 3. The molecule has 164 valence electrons. The van der Waals surface area contributed by atoms with Crippen molar-refractivity contribution in [2.24, 2.45) is 40.4 Å². The van der Waals surface area contributed by atoms with Gasteiger partial charge in [0.15, 0.2) is 11.6 Å². The fourth-order valence-corrected chi connectivity index (χ4v) is 7.65. The molecule has 0 bridgehead atoms. The van der Waals surface area contributed by atoms with Gasteiger partial charge in [0.25, 0.3) is 0 Å². The fraction of sp³-hybridized carbons (Fsp3) is 0.708. The SMILES string of the molecule is CC(=O)OCC(=O)[C@H]1C(C)C[C@H]2[C@@H]3CC(F)C4=CC(=O)C=C[C@]4(C)[C@H]3C(O)C[C@]12C. The zero-order valence-electron chi connectivity index (χ0n) is 18.1. The molecule has 0 aromatic heterocycles. The lowest BCUT2D eigenvalue weighted by Gasteiger charge is -2.59. The van der Waals surface area contributed by atoms with E-state index in [1.54, 1.807) is 6.08 Å². The smallest absolute Gasteiger partial charge is 0.303 e. The molecule has 0 aromatic carbocycles. The number of aliphatic hydroxyl groups is 1. The lowest BCUT2D eigenvalue weighted by Crippen LogP contribution is -2.58. The van der Waals surface area contributed by atoms with E-state index in [0.29, 0.717) is 12.0 Å². The summed E-state index contributed by atoms with van der Waals surface area (Å²) in [4.78, 5) is 36.1. The van der Waals surface area contributed by atoms with Gasteiger partial charge in [-0.3, -0.25) is 14.4 Å². The lowest BCUT2D eigenvalue weighted by molar-refractivity contribution is -0.153. The molecule has 4 rings (SSSR count). The summed E-state index contributed by atoms with van der Waals surface area (Å²) >= 11 is 0. The molecule has 4 aliphatic carbocycles. The number of rotatable bonds is 3. The highest BCUT2D eigenvalue weighted by Crippen LogP contribution is 2.67. The number of halogens is 1. The van der Waals surface area contributed by atoms with Crippen LogP contribution in [0.2, 0.25) is 0 Å². The molecular formula is C24H31FO5. The number of aliphatic hydroxyl groups excluding tert-OH is 1. The van der Waals surface area contributed by atoms with Gasteiger partial charge in [0, 0.05) is 24.2 Å². The maximum Gasteiger partial charge on any atom is 0.303 e. The Morgan fingerprint density at radius 3 is 2.67 bits per heavy atom. The number of alkyl halides is 1. The molecule has 5 nitrogen and oxygen atoms in total. The number of ketones is 2. The van der Waals surface area contributed by atoms with Crippen LogP contribution < -0.4 is 0 Å². The molecule has 3 saturated carbocycles. The van der Waals surface area contributed by atoms with E-state index in [1.165, 1.54) is 19.1 Å². The molecule has 30 heavy (non-hydrogen) atoms. The van der Waals surface area contributed by atoms with E-state index in [2.05, 4.69) is 0 Å². The first-order valence-electron chi connectivity index (χ1n) is 10.9. The van der Waals surface area contributed by atoms with Gasteiger partial charge in [-0.15, -0.1) is 0 Å². The van der Waals surface area contributed by atoms with Gasteiger partial charge in [-0.05, 0) is 60.2 Å². The number of allylic oxidation sites excluding steroid dienone is 4. The molecule has 1 N–H and O–H groups in total. The van der Waals surface area contributed by atoms with Crippen LogP contribution in [0.3, 0.4) is 0 Å². The van der Waals surface area contributed by atoms with Crippen molar-refractivity contribution in [3.8, 4) is 0 Å². The predicted octanol–water partition coefficient (Wildman–Crippen LogP) is 3.21. The summed E-state index contributed by atoms with van der Waals surface area (Å²) < 4.78 is 20.3. The third kappa shape index (κ3) is 3.02. The fourth-order valence-electron chi connectivity index (χ4n) is 7.65. The molecule has 3 unspecified atom stereocenters. The summed E-state index contributed by atoms with van der Waals surface area (Å²) in [5, 5.41) is 11.3. The van der Waals surface area contributed by atoms with Gasteiger partial charge in [0.2, 0.25) is 0 Å². The molecule has 4 aliphatic rings. The number of ether oxygens (including phenoxy) is 1. The Kier molecular flexibility index (Phi) is 5.08. The van der Waals surface area contributed by atoms with E-state index in [4.69, 9.17) is 4.74 Å². The first kappa shape index (κ1) is 21.4. The molecule has 9 atom stereocenters. The summed E-state index contributed by atoms with van der Waals surface area (Å²) in [5.41, 5.74) is -0.685. The van der Waals surface area contributed by atoms with E-state index in [9.17, 15) is 19.5 Å². The minimum atomic E-state index is -1.23. The second-order valence-electron chi connectivity index (χ2n) is 10.3. The maximum atomic E-state index is 15.3. The number of hydrogen-bond acceptors (Lipinski definition) is 5. The molecule has 0 spiro atoms. The first-order valence-corrected chi connectivity index (χ1v) is 10.9. The van der Waals surface area contributed by atoms with Crippen LogP contribution in [-0.4, -0.2) is 41.5 Å². The number of hydrogen-bond donors (Lipinski definition) is 1. The normalized spacial score (nSPS) is 47.1. The maximum absolute atomic E-state index is 15.3. The van der Waals surface area contributed by atoms with Gasteiger partial charge in [-0.1, -0.05) is 26.8 Å². The average molecular weight is 419 g/mol. The number of Topliss-reactive ketones (excluding diaryl/α,β-unsaturated/α-hetero) is 1. The lowest BCUT2D eigenvalue weighted by atomic mass is 9.46. The topological polar surface area (TPSA) is 80.7 Å². The molecule has 0 aromatic rings. The van der Waals surface area contributed by atoms with Gasteiger partial charge >= 0.3 is 5.97 Å². The minimum absolute atomic E-state index is 0.0697. The van der Waals surface area contributed by atoms with Gasteiger partial charge in [-0.2, -0.15) is 0 Å². The zero-order chi connectivity index (χ0) is 22.0. The molecule has 0 aliphatic heterocycles. The van der Waals surface area contributed by atoms with E-state index in [0.717, 1.165) is 6.42 Å². The van der Waals surface area contributed by atoms with Crippen molar-refractivity contribution in [1.29, 1.82) is 0 Å². The Labute approximate surface area is 176 Å². The van der Waals surface area contributed by atoms with Gasteiger partial charge in [0.1, 0.15) is 12.8 Å². The second-order valence-corrected chi connectivity index (χ2v) is 10.3. The summed E-state index contributed by atoms with van der Waals surface area (Å²) in [5.74, 6) is -1.24. The molecule has 0 amide bonds. The Balaban J connectivity index is 1.69. The van der Waals surface area contributed by atoms with Gasteiger partial charge < -0.3 is 9.84 Å². The molecule has 0 saturated heterocycles. The third-order valence-corrected chi connectivity index (χ3v) is 8.58. The van der Waals surface area contributed by atoms with Crippen molar-refractivity contribution < 1.29 is 28.6 Å². The Morgan fingerprint density at radius 1 is 1.30 bits per heavy atom. The van der Waals surface area contributed by atoms with E-state index in [1.807, 2.05) is 20.8 Å². The quantitative estimate of drug-likeness (QED) is 0.712. The van der Waals surface area contributed by atoms with Crippen LogP contribution in [0, 0.1) is 40.4 Å². The van der Waals surface area contributed by atoms with Crippen molar-refractivity contribution in [2.75, 3.05) is 6.61 Å². The number of carbonyl (C=O) groups is 3. The first-order chi connectivity index (χ1) is 14.0. The largest absolute Gasteiger partial charge is 0.458 e. The van der Waals surface area contributed by atoms with Crippen molar-refractivity contribution in [3.63, 3.8) is 0 Å². The highest BCUT2D eigenvalue weighted by atomic mass is 19.1. The summed E-state index contributed by atoms with van der Waals surface area (Å²) in [7, 11) is 0. The average Bonchev–Trinajstić information content (AvgIpc) is 2.91. The minimum Gasteiger partial charge on any atom is -0.458 e. The van der Waals surface area contributed by atoms with Crippen LogP contribution in [0.1, 0.15) is 47.0 Å². The van der Waals surface area contributed by atoms with Crippen LogP contribution in [0.5, 0.6) is 0 Å². The van der Waals surface area contributed by atoms with Crippen LogP contribution >= 0.6 is 0 Å². The Bertz CT molecular complexity index is 847. The molecule has 6 heteroatoms. The Hall–Kier alpha value is -1.82. The van der Waals surface area contributed by atoms with Crippen molar-refractivity contribution in [3.05, 3.63) is 23.8 Å². The van der Waals surface area contributed by atoms with Crippen LogP contribution in [0.4, 0.5) is 4.39 Å². The van der Waals surface area contributed by atoms with Gasteiger partial charge in [-0.25, -0.2) is 4.39 Å². The summed E-state index contributed by atoms with van der Waals surface area (Å²) in [6.45, 7) is 7.03. The standard InChI is InChI=1S/C24H31FO5/c1-12-7-16-15-9-18(25)17-8-14(27)5-6-23(17,3)22(15)19(28)10-24(16,4)21(12)20(29)11-30-13(2)26/h5-6,8,12,15-16,18-19,21-22,28H,7,9-11H2,1-4H3/t12?,15-,16-,18?,19?,21+,22+,23-,24-/m0/s1. The summed E-state index contributed by atoms with van der Waals surface area (Å²) in [6.07, 6.45) is 4.23. The van der Waals surface area contributed by atoms with Gasteiger partial charge in [0.05, 0.1) is 6.10 Å². The third-order valence-electron chi connectivity index (χ3n) is 8.58. The predicted molar refractivity (Wildman–Crippen MR) is 108 cm³/mol. The highest BCUT2D eigenvalue weighted by Gasteiger charge is 2.65. The molecule has 0 heterocycles. The molecule has 0 radical (unpaired) electrons. The van der Waals surface area contributed by atoms with Crippen LogP contribution in [-0.2, 0) is 19.1 Å². The van der Waals surface area contributed by atoms with E-state index < -0.39 is 29.1 Å². The number of fused-ring (bicyclic) bond motifs is 5. The molecule has 3 fully saturated rings. The van der Waals surface area contributed by atoms with E-state index >= 15 is 4.39 Å². The zero-order valence-corrected chi connectivity index (χ0v) is 18.1. The van der Waals surface area contributed by atoms with Crippen LogP contribution in [0.25, 0.3) is 0 Å². The highest BCUT2D eigenvalue weighted by molar-refractivity contribution is 6.01. The van der Waals surface area contributed by atoms with Crippen molar-refractivity contribution in [2.45, 2.75) is 59.2 Å². The molecular weight excluding hydrogens is 387 g/mol. The van der Waals surface area contributed by atoms with Crippen molar-refractivity contribution >= 4 is 17.5 Å². The van der Waals surface area contributed by atoms with E-state index in [-0.39, 0.29) is 54.2 Å². The summed E-state index contributed by atoms with van der Waals surface area (Å²) in [6, 6.07) is 0. The Morgan fingerprint density at radius 2 is 2.00 bits per heavy atom. The van der Waals surface area contributed by atoms with Crippen LogP contribution in [0.15, 0.2) is 23.8 Å².